The van der Waals surface area contributed by atoms with Gasteiger partial charge < -0.3 is 14.8 Å². The molecule has 1 atom stereocenters. The maximum Gasteiger partial charge on any atom is 0.244 e. The van der Waals surface area contributed by atoms with E-state index in [0.717, 1.165) is 25.9 Å². The molecule has 1 aromatic carbocycles. The minimum absolute atomic E-state index is 0.237. The first-order chi connectivity index (χ1) is 7.83. The summed E-state index contributed by atoms with van der Waals surface area (Å²) in [5.41, 5.74) is 0. The second-order valence-corrected chi connectivity index (χ2v) is 4.28. The molecule has 0 spiro atoms. The fraction of sp³-hybridized carbons (Fsp3) is 0.500. The number of halogens is 1. The molecule has 4 heteroatoms. The zero-order chi connectivity index (χ0) is 11.0. The zero-order valence-electron chi connectivity index (χ0n) is 8.91. The highest BCUT2D eigenvalue weighted by molar-refractivity contribution is 5.42. The van der Waals surface area contributed by atoms with Gasteiger partial charge in [-0.15, -0.1) is 0 Å². The monoisotopic (exact) mass is 223 g/mol. The van der Waals surface area contributed by atoms with Crippen molar-refractivity contribution in [3.8, 4) is 11.5 Å². The molecule has 1 aromatic rings. The molecular weight excluding hydrogens is 209 g/mol. The van der Waals surface area contributed by atoms with E-state index in [9.17, 15) is 4.39 Å². The Morgan fingerprint density at radius 2 is 1.88 bits per heavy atom. The lowest BCUT2D eigenvalue weighted by Gasteiger charge is -2.26. The summed E-state index contributed by atoms with van der Waals surface area (Å²) in [7, 11) is 0. The summed E-state index contributed by atoms with van der Waals surface area (Å²) in [5, 5.41) is 3.30. The number of benzene rings is 1. The summed E-state index contributed by atoms with van der Waals surface area (Å²) >= 11 is 0. The molecule has 3 rings (SSSR count). The fourth-order valence-corrected chi connectivity index (χ4v) is 2.25. The van der Waals surface area contributed by atoms with Crippen molar-refractivity contribution < 1.29 is 13.9 Å². The van der Waals surface area contributed by atoms with E-state index in [0.29, 0.717) is 17.4 Å². The van der Waals surface area contributed by atoms with E-state index in [4.69, 9.17) is 9.47 Å². The van der Waals surface area contributed by atoms with Gasteiger partial charge >= 0.3 is 0 Å². The van der Waals surface area contributed by atoms with Crippen LogP contribution in [0.15, 0.2) is 18.2 Å². The fourth-order valence-electron chi connectivity index (χ4n) is 2.25. The SMILES string of the molecule is Fc1ccc2c(c1)OC(C1CCNCC1)O2. The second-order valence-electron chi connectivity index (χ2n) is 4.28. The number of nitrogens with one attached hydrogen (secondary N) is 1. The van der Waals surface area contributed by atoms with Crippen molar-refractivity contribution in [2.45, 2.75) is 19.1 Å². The molecule has 3 nitrogen and oxygen atoms in total. The number of hydrogen-bond donors (Lipinski definition) is 1. The highest BCUT2D eigenvalue weighted by atomic mass is 19.1. The Morgan fingerprint density at radius 3 is 2.69 bits per heavy atom. The average Bonchev–Trinajstić information content (AvgIpc) is 2.73. The van der Waals surface area contributed by atoms with Crippen molar-refractivity contribution in [2.75, 3.05) is 13.1 Å². The smallest absolute Gasteiger partial charge is 0.244 e. The van der Waals surface area contributed by atoms with Crippen LogP contribution in [0.2, 0.25) is 0 Å². The van der Waals surface area contributed by atoms with Crippen LogP contribution in [0.1, 0.15) is 12.8 Å². The highest BCUT2D eigenvalue weighted by Crippen LogP contribution is 2.38. The maximum absolute atomic E-state index is 13.0. The van der Waals surface area contributed by atoms with Gasteiger partial charge in [0.2, 0.25) is 6.29 Å². The van der Waals surface area contributed by atoms with Crippen LogP contribution in [-0.4, -0.2) is 19.4 Å². The maximum atomic E-state index is 13.0. The van der Waals surface area contributed by atoms with Crippen molar-refractivity contribution in [3.63, 3.8) is 0 Å². The molecule has 0 aromatic heterocycles. The van der Waals surface area contributed by atoms with Crippen LogP contribution in [0, 0.1) is 11.7 Å². The molecule has 2 aliphatic rings. The lowest BCUT2D eigenvalue weighted by molar-refractivity contribution is -0.0149. The zero-order valence-corrected chi connectivity index (χ0v) is 8.91. The standard InChI is InChI=1S/C12H14FNO2/c13-9-1-2-10-11(7-9)16-12(15-10)8-3-5-14-6-4-8/h1-2,7-8,12,14H,3-6H2. The quantitative estimate of drug-likeness (QED) is 0.789. The largest absolute Gasteiger partial charge is 0.451 e. The molecule has 2 aliphatic heterocycles. The topological polar surface area (TPSA) is 30.5 Å². The van der Waals surface area contributed by atoms with Crippen molar-refractivity contribution in [3.05, 3.63) is 24.0 Å². The van der Waals surface area contributed by atoms with E-state index in [1.807, 2.05) is 0 Å². The number of hydrogen-bond acceptors (Lipinski definition) is 3. The van der Waals surface area contributed by atoms with Crippen molar-refractivity contribution in [1.29, 1.82) is 0 Å². The first-order valence-electron chi connectivity index (χ1n) is 5.66. The Bertz CT molecular complexity index is 391. The van der Waals surface area contributed by atoms with Gasteiger partial charge in [-0.3, -0.25) is 0 Å². The minimum atomic E-state index is -0.284. The van der Waals surface area contributed by atoms with E-state index in [1.165, 1.54) is 12.1 Å². The molecule has 16 heavy (non-hydrogen) atoms. The summed E-state index contributed by atoms with van der Waals surface area (Å²) in [6.45, 7) is 2.00. The van der Waals surface area contributed by atoms with Gasteiger partial charge in [-0.05, 0) is 38.1 Å². The van der Waals surface area contributed by atoms with Gasteiger partial charge in [-0.1, -0.05) is 0 Å². The minimum Gasteiger partial charge on any atom is -0.451 e. The van der Waals surface area contributed by atoms with Gasteiger partial charge in [-0.25, -0.2) is 4.39 Å². The molecule has 0 amide bonds. The van der Waals surface area contributed by atoms with E-state index in [2.05, 4.69) is 5.32 Å². The molecule has 86 valence electrons. The van der Waals surface area contributed by atoms with Crippen LogP contribution in [0.4, 0.5) is 4.39 Å². The Hall–Kier alpha value is -1.29. The first-order valence-corrected chi connectivity index (χ1v) is 5.66. The van der Waals surface area contributed by atoms with Crippen LogP contribution >= 0.6 is 0 Å². The van der Waals surface area contributed by atoms with Gasteiger partial charge in [0.05, 0.1) is 0 Å². The summed E-state index contributed by atoms with van der Waals surface area (Å²) in [4.78, 5) is 0. The Labute approximate surface area is 93.6 Å². The van der Waals surface area contributed by atoms with Crippen LogP contribution < -0.4 is 14.8 Å². The van der Waals surface area contributed by atoms with Crippen molar-refractivity contribution >= 4 is 0 Å². The van der Waals surface area contributed by atoms with Crippen LogP contribution in [-0.2, 0) is 0 Å². The van der Waals surface area contributed by atoms with Gasteiger partial charge in [0, 0.05) is 12.0 Å². The predicted octanol–water partition coefficient (Wildman–Crippen LogP) is 1.92. The third kappa shape index (κ3) is 1.73. The van der Waals surface area contributed by atoms with Crippen LogP contribution in [0.3, 0.4) is 0 Å². The van der Waals surface area contributed by atoms with Gasteiger partial charge in [-0.2, -0.15) is 0 Å². The normalized spacial score (nSPS) is 24.7. The summed E-state index contributed by atoms with van der Waals surface area (Å²) in [6, 6.07) is 4.41. The lowest BCUT2D eigenvalue weighted by atomic mass is 9.98. The Morgan fingerprint density at radius 1 is 1.12 bits per heavy atom. The molecular formula is C12H14FNO2. The third-order valence-corrected chi connectivity index (χ3v) is 3.16. The molecule has 2 heterocycles. The van der Waals surface area contributed by atoms with Crippen molar-refractivity contribution in [1.82, 2.24) is 5.32 Å². The van der Waals surface area contributed by atoms with E-state index < -0.39 is 0 Å². The molecule has 0 radical (unpaired) electrons. The molecule has 0 bridgehead atoms. The lowest BCUT2D eigenvalue weighted by Crippen LogP contribution is -2.37. The molecule has 0 saturated carbocycles. The number of fused-ring (bicyclic) bond motifs is 1. The Kier molecular flexibility index (Phi) is 2.44. The van der Waals surface area contributed by atoms with Gasteiger partial charge in [0.1, 0.15) is 5.82 Å². The summed E-state index contributed by atoms with van der Waals surface area (Å²) in [5.74, 6) is 1.30. The second kappa shape index (κ2) is 3.94. The van der Waals surface area contributed by atoms with Crippen LogP contribution in [0.5, 0.6) is 11.5 Å². The molecule has 0 aliphatic carbocycles. The van der Waals surface area contributed by atoms with E-state index in [1.54, 1.807) is 6.07 Å². The molecule has 1 saturated heterocycles. The van der Waals surface area contributed by atoms with Crippen molar-refractivity contribution in [2.24, 2.45) is 5.92 Å². The molecule has 1 fully saturated rings. The Balaban J connectivity index is 1.74. The third-order valence-electron chi connectivity index (χ3n) is 3.16. The first kappa shape index (κ1) is 9.90. The van der Waals surface area contributed by atoms with E-state index in [-0.39, 0.29) is 12.1 Å². The van der Waals surface area contributed by atoms with Gasteiger partial charge in [0.15, 0.2) is 11.5 Å². The average molecular weight is 223 g/mol. The molecule has 1 N–H and O–H groups in total. The van der Waals surface area contributed by atoms with Gasteiger partial charge in [0.25, 0.3) is 0 Å². The highest BCUT2D eigenvalue weighted by Gasteiger charge is 2.32. The van der Waals surface area contributed by atoms with E-state index >= 15 is 0 Å². The van der Waals surface area contributed by atoms with Crippen LogP contribution in [0.25, 0.3) is 0 Å². The summed E-state index contributed by atoms with van der Waals surface area (Å²) in [6.07, 6.45) is 1.85. The number of rotatable bonds is 1. The number of piperidine rings is 1. The predicted molar refractivity (Wildman–Crippen MR) is 57.0 cm³/mol. The molecule has 1 unspecified atom stereocenters. The summed E-state index contributed by atoms with van der Waals surface area (Å²) < 4.78 is 24.3. The number of ether oxygens (including phenoxy) is 2.